The van der Waals surface area contributed by atoms with Gasteiger partial charge >= 0.3 is 5.88 Å². The maximum atomic E-state index is 13.2. The van der Waals surface area contributed by atoms with Crippen molar-refractivity contribution in [2.75, 3.05) is 32.8 Å². The summed E-state index contributed by atoms with van der Waals surface area (Å²) in [5, 5.41) is 27.5. The number of rotatable bonds is 7. The van der Waals surface area contributed by atoms with E-state index in [1.54, 1.807) is 12.1 Å². The van der Waals surface area contributed by atoms with Gasteiger partial charge in [0.2, 0.25) is 16.7 Å². The summed E-state index contributed by atoms with van der Waals surface area (Å²) in [6.07, 6.45) is 1.47. The Bertz CT molecular complexity index is 1750. The first-order valence-electron chi connectivity index (χ1n) is 11.3. The number of anilines is 2. The Balaban J connectivity index is 1.68. The fourth-order valence-electron chi connectivity index (χ4n) is 4.10. The number of benzene rings is 2. The topological polar surface area (TPSA) is 182 Å². The average Bonchev–Trinajstić information content (AvgIpc) is 3.55. The number of methoxy groups -OCH3 is 3. The van der Waals surface area contributed by atoms with E-state index in [4.69, 9.17) is 30.2 Å². The summed E-state index contributed by atoms with van der Waals surface area (Å²) in [5.41, 5.74) is 14.4. The molecule has 0 bridgehead atoms. The number of aliphatic imine (C=N–C) groups is 1. The van der Waals surface area contributed by atoms with E-state index in [9.17, 15) is 10.4 Å². The third kappa shape index (κ3) is 4.38. The van der Waals surface area contributed by atoms with Crippen molar-refractivity contribution in [3.05, 3.63) is 59.1 Å². The fourth-order valence-corrected chi connectivity index (χ4v) is 5.09. The number of nitrogen functional groups attached to an aromatic ring is 2. The van der Waals surface area contributed by atoms with E-state index >= 15 is 0 Å². The molecule has 12 nitrogen and oxygen atoms in total. The van der Waals surface area contributed by atoms with Crippen LogP contribution in [0.4, 0.5) is 17.4 Å². The van der Waals surface area contributed by atoms with Crippen LogP contribution < -0.4 is 35.5 Å². The molecule has 5 aromatic rings. The maximum absolute atomic E-state index is 13.2. The molecule has 3 aromatic heterocycles. The van der Waals surface area contributed by atoms with Crippen molar-refractivity contribution in [1.82, 2.24) is 10.3 Å². The lowest BCUT2D eigenvalue weighted by Gasteiger charge is -2.16. The Labute approximate surface area is 225 Å². The number of nitrogens with zero attached hydrogens (tertiary/aromatic N) is 5. The van der Waals surface area contributed by atoms with Gasteiger partial charge in [-0.1, -0.05) is 18.2 Å². The van der Waals surface area contributed by atoms with E-state index in [1.807, 2.05) is 30.3 Å². The summed E-state index contributed by atoms with van der Waals surface area (Å²) in [5.74, 6) is 0.377. The van der Waals surface area contributed by atoms with Crippen LogP contribution in [-0.2, 0) is 0 Å². The maximum Gasteiger partial charge on any atom is 0.321 e. The monoisotopic (exact) mass is 543 g/mol. The molecule has 5 rings (SSSR count). The zero-order chi connectivity index (χ0) is 27.7. The Morgan fingerprint density at radius 1 is 1.10 bits per heavy atom. The number of nitriles is 1. The van der Waals surface area contributed by atoms with Gasteiger partial charge in [0.25, 0.3) is 6.20 Å². The molecule has 0 saturated heterocycles. The standard InChI is InChI=1S/C26H21N7O5S/c1-35-16-9-13(10-17(36-2)22(16)37-3)19-15(11-27)24(29)31-26-20(19)21(28)23(39-26)25(34)30-18-12-33(32-38-18)14-7-5-4-6-8-14/h4-10,12H,1-3H3,(H4-,28,29,30,31,32,34). The lowest BCUT2D eigenvalue weighted by Crippen LogP contribution is -2.30. The summed E-state index contributed by atoms with van der Waals surface area (Å²) < 4.78 is 23.0. The van der Waals surface area contributed by atoms with Gasteiger partial charge in [0, 0.05) is 29.0 Å². The molecule has 0 aliphatic rings. The molecule has 2 aromatic carbocycles. The number of hydrogen-bond acceptors (Lipinski definition) is 12. The van der Waals surface area contributed by atoms with Crippen LogP contribution in [0.2, 0.25) is 0 Å². The third-order valence-electron chi connectivity index (χ3n) is 5.85. The van der Waals surface area contributed by atoms with Gasteiger partial charge in [-0.25, -0.2) is 9.98 Å². The fraction of sp³-hybridized carbons (Fsp3) is 0.115. The molecule has 0 unspecified atom stereocenters. The quantitative estimate of drug-likeness (QED) is 0.176. The molecule has 0 aliphatic heterocycles. The number of fused-ring (bicyclic) bond motifs is 1. The van der Waals surface area contributed by atoms with Crippen molar-refractivity contribution in [2.45, 2.75) is 0 Å². The van der Waals surface area contributed by atoms with Crippen molar-refractivity contribution in [1.29, 1.82) is 5.26 Å². The zero-order valence-electron chi connectivity index (χ0n) is 21.0. The molecule has 0 aliphatic carbocycles. The number of nitrogens with two attached hydrogens (primary N) is 2. The van der Waals surface area contributed by atoms with Crippen molar-refractivity contribution in [2.24, 2.45) is 4.99 Å². The van der Waals surface area contributed by atoms with Crippen molar-refractivity contribution < 1.29 is 28.5 Å². The van der Waals surface area contributed by atoms with Crippen LogP contribution in [0.15, 0.2) is 58.2 Å². The Hall–Kier alpha value is -5.35. The predicted molar refractivity (Wildman–Crippen MR) is 142 cm³/mol. The molecule has 13 heteroatoms. The predicted octanol–water partition coefficient (Wildman–Crippen LogP) is 2.73. The molecule has 0 fully saturated rings. The highest BCUT2D eigenvalue weighted by atomic mass is 32.1. The van der Waals surface area contributed by atoms with Gasteiger partial charge in [0.05, 0.1) is 31.9 Å². The lowest BCUT2D eigenvalue weighted by molar-refractivity contribution is -0.670. The van der Waals surface area contributed by atoms with Gasteiger partial charge < -0.3 is 30.8 Å². The Morgan fingerprint density at radius 3 is 2.41 bits per heavy atom. The largest absolute Gasteiger partial charge is 0.857 e. The highest BCUT2D eigenvalue weighted by Crippen LogP contribution is 2.47. The van der Waals surface area contributed by atoms with E-state index in [0.29, 0.717) is 38.6 Å². The lowest BCUT2D eigenvalue weighted by atomic mass is 9.96. The molecule has 39 heavy (non-hydrogen) atoms. The molecule has 0 saturated carbocycles. The van der Waals surface area contributed by atoms with E-state index in [1.165, 1.54) is 32.2 Å². The molecule has 3 heterocycles. The van der Waals surface area contributed by atoms with Crippen molar-refractivity contribution >= 4 is 44.8 Å². The number of ether oxygens (including phenoxy) is 3. The third-order valence-corrected chi connectivity index (χ3v) is 6.94. The summed E-state index contributed by atoms with van der Waals surface area (Å²) in [4.78, 5) is 8.83. The molecular weight excluding hydrogens is 522 g/mol. The van der Waals surface area contributed by atoms with Gasteiger partial charge in [-0.15, -0.1) is 11.3 Å². The van der Waals surface area contributed by atoms with Crippen LogP contribution in [0.3, 0.4) is 0 Å². The summed E-state index contributed by atoms with van der Waals surface area (Å²) in [6, 6.07) is 14.6. The first kappa shape index (κ1) is 25.3. The van der Waals surface area contributed by atoms with Crippen LogP contribution in [0.25, 0.3) is 27.0 Å². The molecular formula is C26H21N7O5S. The van der Waals surface area contributed by atoms with Gasteiger partial charge in [0.1, 0.15) is 22.3 Å². The zero-order valence-corrected chi connectivity index (χ0v) is 21.8. The van der Waals surface area contributed by atoms with E-state index < -0.39 is 5.90 Å². The highest BCUT2D eigenvalue weighted by Gasteiger charge is 2.24. The van der Waals surface area contributed by atoms with Crippen LogP contribution in [0, 0.1) is 11.3 Å². The number of aromatic nitrogens is 3. The number of pyridine rings is 1. The SMILES string of the molecule is COc1cc(-c2c(C#N)c(N)nc3sc(/C([O-])=N/c4c[n+](-c5ccccc5)no4)c(N)c23)cc(OC)c1OC. The van der Waals surface area contributed by atoms with Crippen LogP contribution in [0.5, 0.6) is 17.2 Å². The average molecular weight is 544 g/mol. The molecule has 196 valence electrons. The number of hydrogen-bond donors (Lipinski definition) is 2. The molecule has 0 amide bonds. The van der Waals surface area contributed by atoms with E-state index in [0.717, 1.165) is 17.0 Å². The van der Waals surface area contributed by atoms with Crippen LogP contribution in [-0.4, -0.2) is 37.5 Å². The van der Waals surface area contributed by atoms with Crippen molar-refractivity contribution in [3.8, 4) is 40.1 Å². The molecule has 0 spiro atoms. The van der Waals surface area contributed by atoms with Crippen LogP contribution in [0.1, 0.15) is 10.4 Å². The van der Waals surface area contributed by atoms with Gasteiger partial charge in [-0.2, -0.15) is 5.26 Å². The summed E-state index contributed by atoms with van der Waals surface area (Å²) >= 11 is 0.999. The normalized spacial score (nSPS) is 11.4. The number of thiophene rings is 1. The van der Waals surface area contributed by atoms with E-state index in [2.05, 4.69) is 21.3 Å². The summed E-state index contributed by atoms with van der Waals surface area (Å²) in [7, 11) is 4.44. The number of para-hydroxylation sites is 1. The molecule has 4 N–H and O–H groups in total. The molecule has 0 atom stereocenters. The first-order valence-corrected chi connectivity index (χ1v) is 12.1. The van der Waals surface area contributed by atoms with Gasteiger partial charge in [-0.05, 0) is 22.4 Å². The van der Waals surface area contributed by atoms with Crippen LogP contribution >= 0.6 is 11.3 Å². The smallest absolute Gasteiger partial charge is 0.321 e. The highest BCUT2D eigenvalue weighted by molar-refractivity contribution is 7.21. The van der Waals surface area contributed by atoms with Crippen molar-refractivity contribution in [3.63, 3.8) is 0 Å². The minimum atomic E-state index is -0.667. The Kier molecular flexibility index (Phi) is 6.61. The summed E-state index contributed by atoms with van der Waals surface area (Å²) in [6.45, 7) is 0. The van der Waals surface area contributed by atoms with Gasteiger partial charge in [-0.3, -0.25) is 4.52 Å². The first-order chi connectivity index (χ1) is 18.9. The second kappa shape index (κ2) is 10.2. The van der Waals surface area contributed by atoms with Gasteiger partial charge in [0.15, 0.2) is 11.5 Å². The minimum absolute atomic E-state index is 0.0178. The second-order valence-electron chi connectivity index (χ2n) is 8.04. The molecule has 0 radical (unpaired) electrons. The Morgan fingerprint density at radius 2 is 1.79 bits per heavy atom. The second-order valence-corrected chi connectivity index (χ2v) is 9.03. The minimum Gasteiger partial charge on any atom is -0.857 e. The van der Waals surface area contributed by atoms with E-state index in [-0.39, 0.29) is 27.8 Å².